The molecule has 0 spiro atoms. The summed E-state index contributed by atoms with van der Waals surface area (Å²) in [4.78, 5) is 12.7. The summed E-state index contributed by atoms with van der Waals surface area (Å²) in [7, 11) is 1.77. The topological polar surface area (TPSA) is 52.9 Å². The summed E-state index contributed by atoms with van der Waals surface area (Å²) in [6.45, 7) is 1.79. The lowest BCUT2D eigenvalue weighted by Gasteiger charge is -2.05. The predicted octanol–water partition coefficient (Wildman–Crippen LogP) is 0.876. The first kappa shape index (κ1) is 9.58. The maximum atomic E-state index is 11.6. The molecule has 1 aromatic carbocycles. The summed E-state index contributed by atoms with van der Waals surface area (Å²) < 4.78 is 1.66. The van der Waals surface area contributed by atoms with Crippen LogP contribution in [-0.4, -0.2) is 9.47 Å². The summed E-state index contributed by atoms with van der Waals surface area (Å²) in [5, 5.41) is 0. The zero-order chi connectivity index (χ0) is 11.0. The van der Waals surface area contributed by atoms with Crippen LogP contribution in [-0.2, 0) is 7.05 Å². The van der Waals surface area contributed by atoms with Crippen molar-refractivity contribution in [3.63, 3.8) is 0 Å². The molecular formula is C11H13N3O. The fourth-order valence-corrected chi connectivity index (χ4v) is 1.76. The Morgan fingerprint density at radius 2 is 1.80 bits per heavy atom. The number of aromatic nitrogens is 2. The number of hydrogen-bond acceptors (Lipinski definition) is 2. The molecule has 0 radical (unpaired) electrons. The first-order valence-corrected chi connectivity index (χ1v) is 4.72. The monoisotopic (exact) mass is 203 g/mol. The van der Waals surface area contributed by atoms with Crippen LogP contribution in [0.15, 0.2) is 35.1 Å². The van der Waals surface area contributed by atoms with E-state index < -0.39 is 0 Å². The summed E-state index contributed by atoms with van der Waals surface area (Å²) in [6.07, 6.45) is 0. The molecule has 1 aromatic heterocycles. The van der Waals surface area contributed by atoms with Crippen molar-refractivity contribution in [2.75, 3.05) is 5.84 Å². The smallest absolute Gasteiger partial charge is 0.289 e. The SMILES string of the molecule is Cc1c(-c2ccccc2)n(C)n(N)c1=O. The van der Waals surface area contributed by atoms with Gasteiger partial charge in [0.05, 0.1) is 5.69 Å². The van der Waals surface area contributed by atoms with Crippen LogP contribution in [0.25, 0.3) is 11.3 Å². The number of nitrogen functional groups attached to an aromatic ring is 1. The van der Waals surface area contributed by atoms with Crippen LogP contribution in [0.2, 0.25) is 0 Å². The molecule has 0 fully saturated rings. The number of hydrogen-bond donors (Lipinski definition) is 1. The van der Waals surface area contributed by atoms with E-state index in [2.05, 4.69) is 0 Å². The molecule has 0 aliphatic carbocycles. The van der Waals surface area contributed by atoms with E-state index in [1.807, 2.05) is 30.3 Å². The summed E-state index contributed by atoms with van der Waals surface area (Å²) >= 11 is 0. The molecule has 0 saturated heterocycles. The summed E-state index contributed by atoms with van der Waals surface area (Å²) in [5.74, 6) is 5.61. The van der Waals surface area contributed by atoms with Gasteiger partial charge in [-0.25, -0.2) is 0 Å². The normalized spacial score (nSPS) is 10.5. The molecule has 0 amide bonds. The van der Waals surface area contributed by atoms with Gasteiger partial charge in [0.2, 0.25) is 0 Å². The van der Waals surface area contributed by atoms with E-state index in [4.69, 9.17) is 5.84 Å². The van der Waals surface area contributed by atoms with Crippen LogP contribution >= 0.6 is 0 Å². The zero-order valence-corrected chi connectivity index (χ0v) is 8.77. The van der Waals surface area contributed by atoms with Gasteiger partial charge in [-0.1, -0.05) is 30.3 Å². The highest BCUT2D eigenvalue weighted by Gasteiger charge is 2.13. The molecule has 0 saturated carbocycles. The molecule has 0 bridgehead atoms. The number of nitrogens with two attached hydrogens (primary N) is 1. The molecule has 0 unspecified atom stereocenters. The van der Waals surface area contributed by atoms with Crippen molar-refractivity contribution in [1.29, 1.82) is 0 Å². The molecule has 2 N–H and O–H groups in total. The van der Waals surface area contributed by atoms with Gasteiger partial charge in [-0.3, -0.25) is 9.48 Å². The second kappa shape index (κ2) is 3.31. The standard InChI is InChI=1S/C11H13N3O/c1-8-10(9-6-4-3-5-7-9)13(2)14(12)11(8)15/h3-7H,12H2,1-2H3. The van der Waals surface area contributed by atoms with E-state index in [1.54, 1.807) is 18.7 Å². The Hall–Kier alpha value is -1.97. The van der Waals surface area contributed by atoms with E-state index in [-0.39, 0.29) is 5.56 Å². The van der Waals surface area contributed by atoms with Gasteiger partial charge in [0.15, 0.2) is 0 Å². The van der Waals surface area contributed by atoms with E-state index in [1.165, 1.54) is 0 Å². The lowest BCUT2D eigenvalue weighted by Crippen LogP contribution is -2.29. The van der Waals surface area contributed by atoms with Crippen LogP contribution in [0.4, 0.5) is 0 Å². The molecule has 15 heavy (non-hydrogen) atoms. The van der Waals surface area contributed by atoms with E-state index in [0.717, 1.165) is 16.0 Å². The van der Waals surface area contributed by atoms with Crippen LogP contribution in [0.1, 0.15) is 5.56 Å². The van der Waals surface area contributed by atoms with Crippen LogP contribution < -0.4 is 11.4 Å². The quantitative estimate of drug-likeness (QED) is 0.699. The maximum Gasteiger partial charge on any atom is 0.289 e. The van der Waals surface area contributed by atoms with Gasteiger partial charge in [-0.05, 0) is 6.92 Å². The van der Waals surface area contributed by atoms with Crippen molar-refractivity contribution in [3.8, 4) is 11.3 Å². The Labute approximate surface area is 87.5 Å². The Morgan fingerprint density at radius 1 is 1.20 bits per heavy atom. The second-order valence-electron chi connectivity index (χ2n) is 3.51. The first-order chi connectivity index (χ1) is 7.13. The Kier molecular flexibility index (Phi) is 2.11. The molecule has 0 aliphatic heterocycles. The van der Waals surface area contributed by atoms with Gasteiger partial charge in [0.25, 0.3) is 5.56 Å². The lowest BCUT2D eigenvalue weighted by atomic mass is 10.1. The van der Waals surface area contributed by atoms with Gasteiger partial charge < -0.3 is 5.84 Å². The largest absolute Gasteiger partial charge is 0.321 e. The molecule has 1 heterocycles. The van der Waals surface area contributed by atoms with Crippen molar-refractivity contribution in [2.45, 2.75) is 6.92 Å². The highest BCUT2D eigenvalue weighted by molar-refractivity contribution is 5.62. The number of nitrogens with zero attached hydrogens (tertiary/aromatic N) is 2. The van der Waals surface area contributed by atoms with Gasteiger partial charge in [-0.2, -0.15) is 4.79 Å². The molecule has 4 nitrogen and oxygen atoms in total. The average Bonchev–Trinajstić information content (AvgIpc) is 2.45. The lowest BCUT2D eigenvalue weighted by molar-refractivity contribution is 0.621. The van der Waals surface area contributed by atoms with Crippen LogP contribution in [0.3, 0.4) is 0 Å². The minimum atomic E-state index is -0.156. The molecule has 4 heteroatoms. The minimum Gasteiger partial charge on any atom is -0.321 e. The third-order valence-corrected chi connectivity index (χ3v) is 2.58. The van der Waals surface area contributed by atoms with Gasteiger partial charge >= 0.3 is 0 Å². The third kappa shape index (κ3) is 1.34. The summed E-state index contributed by atoms with van der Waals surface area (Å²) in [6, 6.07) is 9.74. The Balaban J connectivity index is 2.75. The van der Waals surface area contributed by atoms with Crippen molar-refractivity contribution in [2.24, 2.45) is 7.05 Å². The Bertz CT molecular complexity index is 537. The maximum absolute atomic E-state index is 11.6. The van der Waals surface area contributed by atoms with Crippen molar-refractivity contribution in [3.05, 3.63) is 46.2 Å². The first-order valence-electron chi connectivity index (χ1n) is 4.72. The van der Waals surface area contributed by atoms with Gasteiger partial charge in [0.1, 0.15) is 0 Å². The fourth-order valence-electron chi connectivity index (χ4n) is 1.76. The average molecular weight is 203 g/mol. The molecular weight excluding hydrogens is 190 g/mol. The van der Waals surface area contributed by atoms with E-state index >= 15 is 0 Å². The number of benzene rings is 1. The second-order valence-corrected chi connectivity index (χ2v) is 3.51. The predicted molar refractivity (Wildman–Crippen MR) is 60.0 cm³/mol. The van der Waals surface area contributed by atoms with Crippen LogP contribution in [0.5, 0.6) is 0 Å². The highest BCUT2D eigenvalue weighted by Crippen LogP contribution is 2.19. The minimum absolute atomic E-state index is 0.156. The Morgan fingerprint density at radius 3 is 2.27 bits per heavy atom. The van der Waals surface area contributed by atoms with Gasteiger partial charge in [0, 0.05) is 18.2 Å². The number of rotatable bonds is 1. The van der Waals surface area contributed by atoms with Crippen LogP contribution in [0, 0.1) is 6.92 Å². The van der Waals surface area contributed by atoms with Crippen molar-refractivity contribution in [1.82, 2.24) is 9.47 Å². The molecule has 0 atom stereocenters. The zero-order valence-electron chi connectivity index (χ0n) is 8.77. The van der Waals surface area contributed by atoms with Gasteiger partial charge in [-0.15, -0.1) is 0 Å². The van der Waals surface area contributed by atoms with Crippen molar-refractivity contribution < 1.29 is 0 Å². The van der Waals surface area contributed by atoms with Crippen molar-refractivity contribution >= 4 is 0 Å². The molecule has 2 rings (SSSR count). The van der Waals surface area contributed by atoms with E-state index in [9.17, 15) is 4.79 Å². The highest BCUT2D eigenvalue weighted by atomic mass is 16.1. The fraction of sp³-hybridized carbons (Fsp3) is 0.182. The molecule has 2 aromatic rings. The molecule has 78 valence electrons. The molecule has 0 aliphatic rings. The third-order valence-electron chi connectivity index (χ3n) is 2.58. The van der Waals surface area contributed by atoms with E-state index in [0.29, 0.717) is 5.56 Å². The summed E-state index contributed by atoms with van der Waals surface area (Å²) in [5.41, 5.74) is 2.38.